The molecule has 3 aromatic rings. The molecule has 0 atom stereocenters. The van der Waals surface area contributed by atoms with E-state index in [1.165, 1.54) is 12.1 Å². The first-order valence-electron chi connectivity index (χ1n) is 8.73. The predicted octanol–water partition coefficient (Wildman–Crippen LogP) is 4.34. The maximum atomic E-state index is 12.9. The Morgan fingerprint density at radius 1 is 1.32 bits per heavy atom. The van der Waals surface area contributed by atoms with Gasteiger partial charge in [-0.3, -0.25) is 14.9 Å². The average molecular weight is 398 g/mol. The molecule has 2 heterocycles. The summed E-state index contributed by atoms with van der Waals surface area (Å²) in [5.41, 5.74) is 2.67. The van der Waals surface area contributed by atoms with E-state index in [2.05, 4.69) is 4.98 Å². The van der Waals surface area contributed by atoms with Crippen LogP contribution in [0.15, 0.2) is 46.9 Å². The third kappa shape index (κ3) is 3.25. The van der Waals surface area contributed by atoms with Crippen molar-refractivity contribution in [1.82, 2.24) is 4.98 Å². The summed E-state index contributed by atoms with van der Waals surface area (Å²) in [5, 5.41) is 11.6. The van der Waals surface area contributed by atoms with Crippen molar-refractivity contribution in [2.24, 2.45) is 0 Å². The molecule has 8 heteroatoms. The third-order valence-electron chi connectivity index (χ3n) is 4.79. The number of amides is 1. The van der Waals surface area contributed by atoms with Crippen molar-refractivity contribution in [3.8, 4) is 11.5 Å². The molecule has 28 heavy (non-hydrogen) atoms. The molecular weight excluding hydrogens is 382 g/mol. The van der Waals surface area contributed by atoms with Gasteiger partial charge in [0.1, 0.15) is 5.76 Å². The summed E-state index contributed by atoms with van der Waals surface area (Å²) in [6.45, 7) is 2.24. The number of halogens is 1. The van der Waals surface area contributed by atoms with E-state index in [1.54, 1.807) is 30.0 Å². The summed E-state index contributed by atoms with van der Waals surface area (Å²) in [4.78, 5) is 29.5. The second-order valence-corrected chi connectivity index (χ2v) is 6.95. The number of aromatic nitrogens is 1. The van der Waals surface area contributed by atoms with Gasteiger partial charge in [-0.05, 0) is 31.0 Å². The number of anilines is 1. The Bertz CT molecular complexity index is 1090. The molecule has 1 amide bonds. The fraction of sp³-hybridized carbons (Fsp3) is 0.200. The van der Waals surface area contributed by atoms with Gasteiger partial charge < -0.3 is 9.32 Å². The van der Waals surface area contributed by atoms with Gasteiger partial charge in [0.05, 0.1) is 33.3 Å². The minimum Gasteiger partial charge on any atom is -0.441 e. The monoisotopic (exact) mass is 397 g/mol. The van der Waals surface area contributed by atoms with Crippen molar-refractivity contribution in [3.05, 3.63) is 74.6 Å². The van der Waals surface area contributed by atoms with E-state index in [4.69, 9.17) is 16.0 Å². The standard InChI is InChI=1S/C20H16ClN3O4/c1-12-17(22-20(28-12)15-4-2-3-5-16(15)21)11-19(25)23-9-8-13-6-7-14(24(26)27)10-18(13)23/h2-7,10H,8-9,11H2,1H3. The Labute approximate surface area is 165 Å². The lowest BCUT2D eigenvalue weighted by atomic mass is 10.1. The van der Waals surface area contributed by atoms with Crippen molar-refractivity contribution in [3.63, 3.8) is 0 Å². The molecule has 0 N–H and O–H groups in total. The number of nitro benzene ring substituents is 1. The van der Waals surface area contributed by atoms with E-state index in [1.807, 2.05) is 12.1 Å². The Balaban J connectivity index is 1.59. The van der Waals surface area contributed by atoms with Crippen LogP contribution in [-0.4, -0.2) is 22.4 Å². The van der Waals surface area contributed by atoms with E-state index < -0.39 is 4.92 Å². The Kier molecular flexibility index (Phi) is 4.60. The zero-order valence-electron chi connectivity index (χ0n) is 15.0. The molecule has 7 nitrogen and oxygen atoms in total. The van der Waals surface area contributed by atoms with Gasteiger partial charge >= 0.3 is 0 Å². The molecule has 0 radical (unpaired) electrons. The largest absolute Gasteiger partial charge is 0.441 e. The van der Waals surface area contributed by atoms with E-state index in [0.29, 0.717) is 46.6 Å². The van der Waals surface area contributed by atoms with Gasteiger partial charge in [-0.25, -0.2) is 4.98 Å². The number of hydrogen-bond donors (Lipinski definition) is 0. The summed E-state index contributed by atoms with van der Waals surface area (Å²) in [6, 6.07) is 11.8. The average Bonchev–Trinajstić information content (AvgIpc) is 3.25. The molecule has 0 bridgehead atoms. The van der Waals surface area contributed by atoms with Crippen LogP contribution in [0.4, 0.5) is 11.4 Å². The maximum Gasteiger partial charge on any atom is 0.271 e. The molecule has 0 fully saturated rings. The highest BCUT2D eigenvalue weighted by Crippen LogP contribution is 2.33. The number of oxazole rings is 1. The first kappa shape index (κ1) is 18.2. The van der Waals surface area contributed by atoms with Gasteiger partial charge in [0.25, 0.3) is 5.69 Å². The van der Waals surface area contributed by atoms with Gasteiger partial charge in [-0.15, -0.1) is 0 Å². The summed E-state index contributed by atoms with van der Waals surface area (Å²) >= 11 is 6.20. The van der Waals surface area contributed by atoms with Crippen molar-refractivity contribution in [1.29, 1.82) is 0 Å². The number of rotatable bonds is 4. The number of carbonyl (C=O) groups excluding carboxylic acids is 1. The maximum absolute atomic E-state index is 12.9. The molecule has 1 aromatic heterocycles. The normalized spacial score (nSPS) is 12.9. The van der Waals surface area contributed by atoms with Crippen LogP contribution in [0.5, 0.6) is 0 Å². The van der Waals surface area contributed by atoms with Crippen LogP contribution in [0.1, 0.15) is 17.0 Å². The molecule has 1 aliphatic heterocycles. The summed E-state index contributed by atoms with van der Waals surface area (Å²) in [5.74, 6) is 0.728. The van der Waals surface area contributed by atoms with Gasteiger partial charge in [0, 0.05) is 18.7 Å². The fourth-order valence-corrected chi connectivity index (χ4v) is 3.54. The minimum absolute atomic E-state index is 0.0305. The highest BCUT2D eigenvalue weighted by Gasteiger charge is 2.28. The van der Waals surface area contributed by atoms with Gasteiger partial charge in [0.15, 0.2) is 0 Å². The van der Waals surface area contributed by atoms with Crippen LogP contribution >= 0.6 is 11.6 Å². The molecule has 0 saturated carbocycles. The van der Waals surface area contributed by atoms with Gasteiger partial charge in [-0.1, -0.05) is 29.8 Å². The summed E-state index contributed by atoms with van der Waals surface area (Å²) in [7, 11) is 0. The number of fused-ring (bicyclic) bond motifs is 1. The van der Waals surface area contributed by atoms with Crippen molar-refractivity contribution in [2.45, 2.75) is 19.8 Å². The van der Waals surface area contributed by atoms with Gasteiger partial charge in [-0.2, -0.15) is 0 Å². The highest BCUT2D eigenvalue weighted by molar-refractivity contribution is 6.33. The zero-order valence-corrected chi connectivity index (χ0v) is 15.8. The molecule has 0 saturated heterocycles. The molecular formula is C20H16ClN3O4. The minimum atomic E-state index is -0.459. The number of nitrogens with zero attached hydrogens (tertiary/aromatic N) is 3. The first-order valence-corrected chi connectivity index (χ1v) is 9.10. The fourth-order valence-electron chi connectivity index (χ4n) is 3.32. The molecule has 0 aliphatic carbocycles. The molecule has 0 unspecified atom stereocenters. The number of nitro groups is 1. The third-order valence-corrected chi connectivity index (χ3v) is 5.12. The number of hydrogen-bond acceptors (Lipinski definition) is 5. The van der Waals surface area contributed by atoms with Crippen LogP contribution in [0.3, 0.4) is 0 Å². The molecule has 4 rings (SSSR count). The molecule has 2 aromatic carbocycles. The number of aryl methyl sites for hydroxylation is 1. The number of benzene rings is 2. The van der Waals surface area contributed by atoms with E-state index >= 15 is 0 Å². The second-order valence-electron chi connectivity index (χ2n) is 6.54. The second kappa shape index (κ2) is 7.09. The summed E-state index contributed by atoms with van der Waals surface area (Å²) in [6.07, 6.45) is 0.712. The van der Waals surface area contributed by atoms with Crippen molar-refractivity contribution in [2.75, 3.05) is 11.4 Å². The number of carbonyl (C=O) groups is 1. The molecule has 142 valence electrons. The first-order chi connectivity index (χ1) is 13.4. The van der Waals surface area contributed by atoms with Crippen LogP contribution in [-0.2, 0) is 17.6 Å². The van der Waals surface area contributed by atoms with E-state index in [0.717, 1.165) is 5.56 Å². The van der Waals surface area contributed by atoms with Crippen LogP contribution < -0.4 is 4.90 Å². The Morgan fingerprint density at radius 2 is 2.11 bits per heavy atom. The van der Waals surface area contributed by atoms with Crippen molar-refractivity contribution < 1.29 is 14.1 Å². The van der Waals surface area contributed by atoms with E-state index in [9.17, 15) is 14.9 Å². The SMILES string of the molecule is Cc1oc(-c2ccccc2Cl)nc1CC(=O)N1CCc2ccc([N+](=O)[O-])cc21. The van der Waals surface area contributed by atoms with E-state index in [-0.39, 0.29) is 18.0 Å². The van der Waals surface area contributed by atoms with Crippen LogP contribution in [0.25, 0.3) is 11.5 Å². The molecule has 1 aliphatic rings. The Hall–Kier alpha value is -3.19. The zero-order chi connectivity index (χ0) is 19.8. The topological polar surface area (TPSA) is 89.5 Å². The predicted molar refractivity (Wildman–Crippen MR) is 105 cm³/mol. The highest BCUT2D eigenvalue weighted by atomic mass is 35.5. The van der Waals surface area contributed by atoms with Crippen LogP contribution in [0, 0.1) is 17.0 Å². The van der Waals surface area contributed by atoms with Crippen molar-refractivity contribution >= 4 is 28.9 Å². The lowest BCUT2D eigenvalue weighted by Crippen LogP contribution is -2.30. The smallest absolute Gasteiger partial charge is 0.271 e. The quantitative estimate of drug-likeness (QED) is 0.482. The lowest BCUT2D eigenvalue weighted by Gasteiger charge is -2.16. The molecule has 0 spiro atoms. The number of non-ortho nitro benzene ring substituents is 1. The lowest BCUT2D eigenvalue weighted by molar-refractivity contribution is -0.384. The summed E-state index contributed by atoms with van der Waals surface area (Å²) < 4.78 is 5.71. The Morgan fingerprint density at radius 3 is 2.86 bits per heavy atom. The van der Waals surface area contributed by atoms with Crippen LogP contribution in [0.2, 0.25) is 5.02 Å². The van der Waals surface area contributed by atoms with Gasteiger partial charge in [0.2, 0.25) is 11.8 Å².